The van der Waals surface area contributed by atoms with Gasteiger partial charge >= 0.3 is 0 Å². The molecule has 1 aromatic rings. The van der Waals surface area contributed by atoms with Gasteiger partial charge in [-0.25, -0.2) is 8.42 Å². The van der Waals surface area contributed by atoms with Crippen LogP contribution in [0.3, 0.4) is 0 Å². The van der Waals surface area contributed by atoms with Crippen LogP contribution in [0.25, 0.3) is 0 Å². The smallest absolute Gasteiger partial charge is 0.243 e. The van der Waals surface area contributed by atoms with Gasteiger partial charge in [0.05, 0.1) is 11.4 Å². The largest absolute Gasteiger partial charge is 0.355 e. The van der Waals surface area contributed by atoms with Gasteiger partial charge in [-0.1, -0.05) is 43.9 Å². The zero-order valence-corrected chi connectivity index (χ0v) is 15.4. The first-order valence-corrected chi connectivity index (χ1v) is 10.2. The Morgan fingerprint density at radius 3 is 2.38 bits per heavy atom. The molecule has 1 aliphatic carbocycles. The Labute approximate surface area is 145 Å². The number of benzene rings is 1. The second kappa shape index (κ2) is 8.62. The SMILES string of the molecule is CCCNC(=O)CN(C1CCCCC1)S(=O)(=O)c1ccc(C)cc1. The lowest BCUT2D eigenvalue weighted by Gasteiger charge is -2.33. The van der Waals surface area contributed by atoms with Crippen molar-refractivity contribution in [1.82, 2.24) is 9.62 Å². The molecular formula is C18H28N2O3S. The summed E-state index contributed by atoms with van der Waals surface area (Å²) >= 11 is 0. The van der Waals surface area contributed by atoms with Gasteiger partial charge in [-0.3, -0.25) is 4.79 Å². The maximum Gasteiger partial charge on any atom is 0.243 e. The summed E-state index contributed by atoms with van der Waals surface area (Å²) in [5.41, 5.74) is 1.01. The van der Waals surface area contributed by atoms with Gasteiger partial charge in [0, 0.05) is 12.6 Å². The van der Waals surface area contributed by atoms with E-state index in [1.165, 1.54) is 4.31 Å². The Morgan fingerprint density at radius 1 is 1.17 bits per heavy atom. The third-order valence-corrected chi connectivity index (χ3v) is 6.39. The van der Waals surface area contributed by atoms with Gasteiger partial charge < -0.3 is 5.32 Å². The molecule has 0 atom stereocenters. The first-order chi connectivity index (χ1) is 11.4. The summed E-state index contributed by atoms with van der Waals surface area (Å²) in [6.07, 6.45) is 5.65. The number of amides is 1. The Bertz CT molecular complexity index is 635. The van der Waals surface area contributed by atoms with Crippen LogP contribution in [-0.2, 0) is 14.8 Å². The summed E-state index contributed by atoms with van der Waals surface area (Å²) < 4.78 is 27.6. The molecule has 5 nitrogen and oxygen atoms in total. The van der Waals surface area contributed by atoms with Crippen molar-refractivity contribution < 1.29 is 13.2 Å². The topological polar surface area (TPSA) is 66.5 Å². The van der Waals surface area contributed by atoms with Crippen molar-refractivity contribution in [2.24, 2.45) is 0 Å². The summed E-state index contributed by atoms with van der Waals surface area (Å²) in [5, 5.41) is 2.79. The second-order valence-corrected chi connectivity index (χ2v) is 8.40. The van der Waals surface area contributed by atoms with Crippen molar-refractivity contribution in [3.63, 3.8) is 0 Å². The second-order valence-electron chi connectivity index (χ2n) is 6.51. The minimum Gasteiger partial charge on any atom is -0.355 e. The van der Waals surface area contributed by atoms with Gasteiger partial charge in [-0.05, 0) is 38.3 Å². The molecule has 1 amide bonds. The summed E-state index contributed by atoms with van der Waals surface area (Å²) in [6, 6.07) is 6.76. The lowest BCUT2D eigenvalue weighted by atomic mass is 9.95. The van der Waals surface area contributed by atoms with Crippen LogP contribution in [0.15, 0.2) is 29.2 Å². The summed E-state index contributed by atoms with van der Waals surface area (Å²) in [4.78, 5) is 12.4. The van der Waals surface area contributed by atoms with Crippen molar-refractivity contribution in [3.05, 3.63) is 29.8 Å². The minimum absolute atomic E-state index is 0.0857. The number of nitrogens with zero attached hydrogens (tertiary/aromatic N) is 1. The van der Waals surface area contributed by atoms with E-state index in [2.05, 4.69) is 5.32 Å². The number of sulfonamides is 1. The molecule has 0 spiro atoms. The molecule has 6 heteroatoms. The summed E-state index contributed by atoms with van der Waals surface area (Å²) in [5.74, 6) is -0.224. The Hall–Kier alpha value is -1.40. The maximum absolute atomic E-state index is 13.1. The highest BCUT2D eigenvalue weighted by Crippen LogP contribution is 2.27. The molecule has 0 heterocycles. The van der Waals surface area contributed by atoms with E-state index in [4.69, 9.17) is 0 Å². The van der Waals surface area contributed by atoms with Crippen molar-refractivity contribution in [2.75, 3.05) is 13.1 Å². The lowest BCUT2D eigenvalue weighted by molar-refractivity contribution is -0.121. The highest BCUT2D eigenvalue weighted by atomic mass is 32.2. The van der Waals surface area contributed by atoms with E-state index in [9.17, 15) is 13.2 Å². The van der Waals surface area contributed by atoms with Gasteiger partial charge in [-0.2, -0.15) is 4.31 Å². The van der Waals surface area contributed by atoms with Crippen LogP contribution >= 0.6 is 0 Å². The minimum atomic E-state index is -3.67. The third kappa shape index (κ3) is 4.80. The Kier molecular flexibility index (Phi) is 6.80. The van der Waals surface area contributed by atoms with Crippen LogP contribution in [-0.4, -0.2) is 37.8 Å². The molecule has 0 radical (unpaired) electrons. The monoisotopic (exact) mass is 352 g/mol. The molecule has 0 unspecified atom stereocenters. The predicted octanol–water partition coefficient (Wildman–Crippen LogP) is 2.84. The number of nitrogens with one attached hydrogen (secondary N) is 1. The molecule has 1 saturated carbocycles. The molecule has 134 valence electrons. The van der Waals surface area contributed by atoms with E-state index in [0.717, 1.165) is 44.1 Å². The lowest BCUT2D eigenvalue weighted by Crippen LogP contribution is -2.47. The molecule has 24 heavy (non-hydrogen) atoms. The first kappa shape index (κ1) is 18.9. The van der Waals surface area contributed by atoms with E-state index in [1.807, 2.05) is 13.8 Å². The first-order valence-electron chi connectivity index (χ1n) is 8.80. The number of hydrogen-bond donors (Lipinski definition) is 1. The summed E-state index contributed by atoms with van der Waals surface area (Å²) in [7, 11) is -3.67. The molecule has 2 rings (SSSR count). The number of hydrogen-bond acceptors (Lipinski definition) is 3. The third-order valence-electron chi connectivity index (χ3n) is 4.48. The van der Waals surface area contributed by atoms with Crippen LogP contribution in [0.1, 0.15) is 51.0 Å². The van der Waals surface area contributed by atoms with E-state index in [0.29, 0.717) is 6.54 Å². The number of rotatable bonds is 7. The van der Waals surface area contributed by atoms with Crippen LogP contribution in [0.2, 0.25) is 0 Å². The van der Waals surface area contributed by atoms with Crippen LogP contribution in [0.5, 0.6) is 0 Å². The van der Waals surface area contributed by atoms with Crippen molar-refractivity contribution in [3.8, 4) is 0 Å². The average Bonchev–Trinajstić information content (AvgIpc) is 2.59. The van der Waals surface area contributed by atoms with Gasteiger partial charge in [0.1, 0.15) is 0 Å². The molecule has 1 fully saturated rings. The van der Waals surface area contributed by atoms with Crippen LogP contribution in [0, 0.1) is 6.92 Å². The molecular weight excluding hydrogens is 324 g/mol. The maximum atomic E-state index is 13.1. The molecule has 1 N–H and O–H groups in total. The fraction of sp³-hybridized carbons (Fsp3) is 0.611. The Balaban J connectivity index is 2.25. The number of carbonyl (C=O) groups excluding carboxylic acids is 1. The zero-order valence-electron chi connectivity index (χ0n) is 14.6. The average molecular weight is 353 g/mol. The van der Waals surface area contributed by atoms with Crippen LogP contribution < -0.4 is 5.32 Å². The van der Waals surface area contributed by atoms with E-state index >= 15 is 0 Å². The fourth-order valence-electron chi connectivity index (χ4n) is 3.09. The summed E-state index contributed by atoms with van der Waals surface area (Å²) in [6.45, 7) is 4.37. The molecule has 0 bridgehead atoms. The standard InChI is InChI=1S/C18H28N2O3S/c1-3-13-19-18(21)14-20(16-7-5-4-6-8-16)24(22,23)17-11-9-15(2)10-12-17/h9-12,16H,3-8,13-14H2,1-2H3,(H,19,21). The fourth-order valence-corrected chi connectivity index (χ4v) is 4.73. The van der Waals surface area contributed by atoms with Crippen molar-refractivity contribution in [1.29, 1.82) is 0 Å². The quantitative estimate of drug-likeness (QED) is 0.820. The van der Waals surface area contributed by atoms with Gasteiger partial charge in [0.15, 0.2) is 0 Å². The van der Waals surface area contributed by atoms with E-state index in [-0.39, 0.29) is 23.4 Å². The molecule has 0 saturated heterocycles. The van der Waals surface area contributed by atoms with E-state index in [1.54, 1.807) is 24.3 Å². The Morgan fingerprint density at radius 2 is 1.79 bits per heavy atom. The highest BCUT2D eigenvalue weighted by molar-refractivity contribution is 7.89. The molecule has 1 aromatic carbocycles. The number of aryl methyl sites for hydroxylation is 1. The van der Waals surface area contributed by atoms with Gasteiger partial charge in [0.2, 0.25) is 15.9 Å². The van der Waals surface area contributed by atoms with E-state index < -0.39 is 10.0 Å². The molecule has 0 aliphatic heterocycles. The predicted molar refractivity (Wildman–Crippen MR) is 95.2 cm³/mol. The highest BCUT2D eigenvalue weighted by Gasteiger charge is 2.33. The molecule has 1 aliphatic rings. The van der Waals surface area contributed by atoms with Gasteiger partial charge in [-0.15, -0.1) is 0 Å². The number of carbonyl (C=O) groups is 1. The van der Waals surface area contributed by atoms with Gasteiger partial charge in [0.25, 0.3) is 0 Å². The van der Waals surface area contributed by atoms with Crippen molar-refractivity contribution in [2.45, 2.75) is 63.3 Å². The zero-order chi connectivity index (χ0) is 17.6. The normalized spacial score (nSPS) is 16.3. The molecule has 0 aromatic heterocycles. The van der Waals surface area contributed by atoms with Crippen molar-refractivity contribution >= 4 is 15.9 Å². The van der Waals surface area contributed by atoms with Crippen LogP contribution in [0.4, 0.5) is 0 Å².